The van der Waals surface area contributed by atoms with Gasteiger partial charge in [-0.2, -0.15) is 0 Å². The third-order valence-electron chi connectivity index (χ3n) is 3.97. The summed E-state index contributed by atoms with van der Waals surface area (Å²) in [5, 5.41) is 11.2. The van der Waals surface area contributed by atoms with Crippen molar-refractivity contribution in [3.8, 4) is 0 Å². The highest BCUT2D eigenvalue weighted by Crippen LogP contribution is 2.35. The fourth-order valence-electron chi connectivity index (χ4n) is 2.75. The second-order valence-electron chi connectivity index (χ2n) is 5.61. The lowest BCUT2D eigenvalue weighted by Crippen LogP contribution is -2.21. The molecule has 1 amide bonds. The Bertz CT molecular complexity index is 829. The molecule has 1 aliphatic heterocycles. The number of Topliss-reactive ketones (excluding diaryl/α,β-unsaturated/α-hetero) is 1. The standard InChI is InChI=1S/C18H14FNO4/c19-12-6-7-13-14(9-12)20-18(24)16(13)17(23)11-4-1-10(2-5-11)3-8-15(21)22/h1-2,4-7,9,16H,3,8H2,(H,20,24)(H,21,22). The van der Waals surface area contributed by atoms with E-state index in [1.54, 1.807) is 24.3 Å². The molecular weight excluding hydrogens is 313 g/mol. The predicted octanol–water partition coefficient (Wildman–Crippen LogP) is 2.76. The van der Waals surface area contributed by atoms with Crippen molar-refractivity contribution in [1.29, 1.82) is 0 Å². The topological polar surface area (TPSA) is 83.5 Å². The summed E-state index contributed by atoms with van der Waals surface area (Å²) in [6, 6.07) is 10.3. The zero-order valence-corrected chi connectivity index (χ0v) is 12.6. The molecule has 0 fully saturated rings. The first kappa shape index (κ1) is 15.9. The summed E-state index contributed by atoms with van der Waals surface area (Å²) in [5.74, 6) is -3.21. The van der Waals surface area contributed by atoms with Crippen LogP contribution < -0.4 is 5.32 Å². The average molecular weight is 327 g/mol. The molecule has 3 rings (SSSR count). The van der Waals surface area contributed by atoms with E-state index in [-0.39, 0.29) is 12.2 Å². The molecule has 0 radical (unpaired) electrons. The number of ketones is 1. The van der Waals surface area contributed by atoms with Crippen molar-refractivity contribution in [2.75, 3.05) is 5.32 Å². The van der Waals surface area contributed by atoms with E-state index in [0.717, 1.165) is 5.56 Å². The van der Waals surface area contributed by atoms with Gasteiger partial charge in [-0.1, -0.05) is 30.3 Å². The molecule has 1 aliphatic rings. The number of rotatable bonds is 5. The SMILES string of the molecule is O=C(O)CCc1ccc(C(=O)C2C(=O)Nc3cc(F)ccc32)cc1. The second-order valence-corrected chi connectivity index (χ2v) is 5.61. The van der Waals surface area contributed by atoms with Crippen LogP contribution in [0.3, 0.4) is 0 Å². The Morgan fingerprint density at radius 1 is 1.12 bits per heavy atom. The van der Waals surface area contributed by atoms with Gasteiger partial charge in [0.1, 0.15) is 11.7 Å². The largest absolute Gasteiger partial charge is 0.481 e. The molecule has 0 saturated heterocycles. The van der Waals surface area contributed by atoms with E-state index >= 15 is 0 Å². The third-order valence-corrected chi connectivity index (χ3v) is 3.97. The summed E-state index contributed by atoms with van der Waals surface area (Å²) in [6.07, 6.45) is 0.382. The Morgan fingerprint density at radius 3 is 2.50 bits per heavy atom. The van der Waals surface area contributed by atoms with E-state index in [1.807, 2.05) is 0 Å². The number of carbonyl (C=O) groups is 3. The van der Waals surface area contributed by atoms with E-state index in [4.69, 9.17) is 5.11 Å². The number of amides is 1. The second kappa shape index (κ2) is 6.23. The molecule has 2 N–H and O–H groups in total. The summed E-state index contributed by atoms with van der Waals surface area (Å²) in [6.45, 7) is 0. The van der Waals surface area contributed by atoms with Gasteiger partial charge in [0.05, 0.1) is 0 Å². The van der Waals surface area contributed by atoms with Crippen LogP contribution in [-0.4, -0.2) is 22.8 Å². The zero-order chi connectivity index (χ0) is 17.3. The Morgan fingerprint density at radius 2 is 1.83 bits per heavy atom. The molecule has 1 atom stereocenters. The number of anilines is 1. The summed E-state index contributed by atoms with van der Waals surface area (Å²) < 4.78 is 13.2. The van der Waals surface area contributed by atoms with Crippen molar-refractivity contribution < 1.29 is 23.9 Å². The molecular formula is C18H14FNO4. The highest BCUT2D eigenvalue weighted by Gasteiger charge is 2.36. The van der Waals surface area contributed by atoms with E-state index < -0.39 is 23.6 Å². The highest BCUT2D eigenvalue weighted by molar-refractivity contribution is 6.21. The van der Waals surface area contributed by atoms with Gasteiger partial charge in [0, 0.05) is 17.7 Å². The summed E-state index contributed by atoms with van der Waals surface area (Å²) >= 11 is 0. The molecule has 0 aromatic heterocycles. The van der Waals surface area contributed by atoms with Crippen molar-refractivity contribution in [3.05, 3.63) is 65.0 Å². The molecule has 1 unspecified atom stereocenters. The normalized spacial score (nSPS) is 15.7. The maximum Gasteiger partial charge on any atom is 0.303 e. The van der Waals surface area contributed by atoms with Gasteiger partial charge in [0.25, 0.3) is 0 Å². The molecule has 0 spiro atoms. The first-order chi connectivity index (χ1) is 11.5. The molecule has 122 valence electrons. The average Bonchev–Trinajstić information content (AvgIpc) is 2.87. The van der Waals surface area contributed by atoms with Crippen molar-refractivity contribution in [1.82, 2.24) is 0 Å². The number of hydrogen-bond donors (Lipinski definition) is 2. The number of carboxylic acids is 1. The summed E-state index contributed by atoms with van der Waals surface area (Å²) in [4.78, 5) is 35.3. The van der Waals surface area contributed by atoms with Gasteiger partial charge in [-0.25, -0.2) is 4.39 Å². The van der Waals surface area contributed by atoms with Crippen LogP contribution in [0.15, 0.2) is 42.5 Å². The number of aliphatic carboxylic acids is 1. The fraction of sp³-hybridized carbons (Fsp3) is 0.167. The third kappa shape index (κ3) is 3.03. The van der Waals surface area contributed by atoms with Crippen LogP contribution in [0.1, 0.15) is 33.8 Å². The Hall–Kier alpha value is -3.02. The Labute approximate surface area is 137 Å². The maximum atomic E-state index is 13.2. The number of halogens is 1. The minimum absolute atomic E-state index is 0.0112. The Balaban J connectivity index is 1.82. The van der Waals surface area contributed by atoms with Crippen molar-refractivity contribution in [3.63, 3.8) is 0 Å². The lowest BCUT2D eigenvalue weighted by Gasteiger charge is -2.09. The Kier molecular flexibility index (Phi) is 4.12. The van der Waals surface area contributed by atoms with E-state index in [2.05, 4.69) is 5.32 Å². The molecule has 0 aliphatic carbocycles. The molecule has 2 aromatic carbocycles. The van der Waals surface area contributed by atoms with Crippen molar-refractivity contribution >= 4 is 23.3 Å². The summed E-state index contributed by atoms with van der Waals surface area (Å²) in [7, 11) is 0. The predicted molar refractivity (Wildman–Crippen MR) is 84.5 cm³/mol. The van der Waals surface area contributed by atoms with Crippen LogP contribution in [0.5, 0.6) is 0 Å². The maximum absolute atomic E-state index is 13.2. The molecule has 1 heterocycles. The van der Waals surface area contributed by atoms with Crippen LogP contribution >= 0.6 is 0 Å². The number of hydrogen-bond acceptors (Lipinski definition) is 3. The molecule has 5 nitrogen and oxygen atoms in total. The van der Waals surface area contributed by atoms with E-state index in [1.165, 1.54) is 18.2 Å². The monoisotopic (exact) mass is 327 g/mol. The quantitative estimate of drug-likeness (QED) is 0.653. The van der Waals surface area contributed by atoms with Crippen LogP contribution in [0, 0.1) is 5.82 Å². The first-order valence-corrected chi connectivity index (χ1v) is 7.41. The van der Waals surface area contributed by atoms with Crippen molar-refractivity contribution in [2.24, 2.45) is 0 Å². The van der Waals surface area contributed by atoms with E-state index in [9.17, 15) is 18.8 Å². The fourth-order valence-corrected chi connectivity index (χ4v) is 2.75. The molecule has 0 saturated carbocycles. The minimum atomic E-state index is -0.995. The van der Waals surface area contributed by atoms with Gasteiger partial charge >= 0.3 is 5.97 Å². The van der Waals surface area contributed by atoms with Crippen LogP contribution in [0.4, 0.5) is 10.1 Å². The van der Waals surface area contributed by atoms with Gasteiger partial charge in [0.15, 0.2) is 5.78 Å². The smallest absolute Gasteiger partial charge is 0.303 e. The zero-order valence-electron chi connectivity index (χ0n) is 12.6. The van der Waals surface area contributed by atoms with Crippen LogP contribution in [0.25, 0.3) is 0 Å². The number of carboxylic acid groups (broad SMARTS) is 1. The number of carbonyl (C=O) groups excluding carboxylic acids is 2. The van der Waals surface area contributed by atoms with Gasteiger partial charge < -0.3 is 10.4 Å². The summed E-state index contributed by atoms with van der Waals surface area (Å²) in [5.41, 5.74) is 1.93. The highest BCUT2D eigenvalue weighted by atomic mass is 19.1. The van der Waals surface area contributed by atoms with Gasteiger partial charge in [-0.3, -0.25) is 14.4 Å². The first-order valence-electron chi connectivity index (χ1n) is 7.41. The van der Waals surface area contributed by atoms with Gasteiger partial charge in [0.2, 0.25) is 5.91 Å². The number of fused-ring (bicyclic) bond motifs is 1. The lowest BCUT2D eigenvalue weighted by atomic mass is 9.91. The molecule has 0 bridgehead atoms. The van der Waals surface area contributed by atoms with Crippen LogP contribution in [0.2, 0.25) is 0 Å². The number of nitrogens with one attached hydrogen (secondary N) is 1. The van der Waals surface area contributed by atoms with Gasteiger partial charge in [-0.05, 0) is 29.7 Å². The van der Waals surface area contributed by atoms with E-state index in [0.29, 0.717) is 23.2 Å². The number of benzene rings is 2. The minimum Gasteiger partial charge on any atom is -0.481 e. The van der Waals surface area contributed by atoms with Gasteiger partial charge in [-0.15, -0.1) is 0 Å². The molecule has 24 heavy (non-hydrogen) atoms. The lowest BCUT2D eigenvalue weighted by molar-refractivity contribution is -0.137. The van der Waals surface area contributed by atoms with Crippen LogP contribution in [-0.2, 0) is 16.0 Å². The van der Waals surface area contributed by atoms with Crippen molar-refractivity contribution in [2.45, 2.75) is 18.8 Å². The number of aryl methyl sites for hydroxylation is 1. The molecule has 6 heteroatoms. The molecule has 2 aromatic rings.